The van der Waals surface area contributed by atoms with Crippen LogP contribution in [0.3, 0.4) is 0 Å². The Balaban J connectivity index is 1.93. The predicted octanol–water partition coefficient (Wildman–Crippen LogP) is 6.88. The molecular weight excluding hydrogens is 340 g/mol. The molecule has 0 heterocycles. The normalized spacial score (nSPS) is 33.5. The number of rotatable bonds is 4. The van der Waals surface area contributed by atoms with Crippen LogP contribution in [-0.2, 0) is 0 Å². The Morgan fingerprint density at radius 1 is 1.35 bits per heavy atom. The Labute approximate surface area is 160 Å². The summed E-state index contributed by atoms with van der Waals surface area (Å²) in [6, 6.07) is 0. The van der Waals surface area contributed by atoms with E-state index in [1.807, 2.05) is 6.92 Å². The lowest BCUT2D eigenvalue weighted by atomic mass is 9.73. The molecule has 0 aliphatic heterocycles. The van der Waals surface area contributed by atoms with Crippen molar-refractivity contribution >= 4 is 10.6 Å². The molecule has 0 aromatic heterocycles. The third kappa shape index (κ3) is 3.68. The second-order valence-corrected chi connectivity index (χ2v) is 10.9. The molecule has 2 N–H and O–H groups in total. The summed E-state index contributed by atoms with van der Waals surface area (Å²) < 4.78 is 22.5. The van der Waals surface area contributed by atoms with Crippen molar-refractivity contribution in [2.24, 2.45) is 17.8 Å². The van der Waals surface area contributed by atoms with Crippen LogP contribution in [0.15, 0.2) is 52.8 Å². The van der Waals surface area contributed by atoms with Gasteiger partial charge in [0, 0.05) is 5.92 Å². The lowest BCUT2D eigenvalue weighted by molar-refractivity contribution is 0.379. The highest BCUT2D eigenvalue weighted by Crippen LogP contribution is 2.57. The van der Waals surface area contributed by atoms with Crippen molar-refractivity contribution < 1.29 is 9.11 Å². The summed E-state index contributed by atoms with van der Waals surface area (Å²) in [7, 11) is -2.75. The first-order valence-electron chi connectivity index (χ1n) is 10.1. The second-order valence-electron chi connectivity index (χ2n) is 8.26. The first-order chi connectivity index (χ1) is 12.4. The molecule has 0 aromatic rings. The fraction of sp³-hybridized carbons (Fsp3) is 0.609. The van der Waals surface area contributed by atoms with E-state index in [-0.39, 0.29) is 10.5 Å². The van der Waals surface area contributed by atoms with Gasteiger partial charge in [0.15, 0.2) is 0 Å². The average Bonchev–Trinajstić information content (AvgIpc) is 2.79. The highest BCUT2D eigenvalue weighted by Gasteiger charge is 2.39. The molecule has 3 rings (SSSR count). The van der Waals surface area contributed by atoms with Crippen molar-refractivity contribution in [1.29, 1.82) is 0 Å². The molecule has 0 radical (unpaired) electrons. The first kappa shape index (κ1) is 19.8. The summed E-state index contributed by atoms with van der Waals surface area (Å²) in [4.78, 5) is 0. The molecule has 5 atom stereocenters. The minimum Gasteiger partial charge on any atom is -0.298 e. The zero-order chi connectivity index (χ0) is 18.9. The summed E-state index contributed by atoms with van der Waals surface area (Å²) in [6.45, 7) is 8.69. The molecule has 2 nitrogen and oxygen atoms in total. The second kappa shape index (κ2) is 7.94. The Morgan fingerprint density at radius 3 is 2.77 bits per heavy atom. The fourth-order valence-corrected chi connectivity index (χ4v) is 7.06. The monoisotopic (exact) mass is 374 g/mol. The van der Waals surface area contributed by atoms with E-state index in [4.69, 9.17) is 0 Å². The molecule has 3 aliphatic rings. The fourth-order valence-electron chi connectivity index (χ4n) is 4.90. The Hall–Kier alpha value is -0.990. The van der Waals surface area contributed by atoms with Crippen molar-refractivity contribution in [2.75, 3.05) is 0 Å². The number of allylic oxidation sites excluding steroid dienone is 5. The van der Waals surface area contributed by atoms with Crippen LogP contribution in [0.2, 0.25) is 0 Å². The van der Waals surface area contributed by atoms with Crippen molar-refractivity contribution in [3.05, 3.63) is 52.8 Å². The molecule has 0 saturated heterocycles. The van der Waals surface area contributed by atoms with E-state index in [9.17, 15) is 9.11 Å². The molecule has 3 heteroatoms. The largest absolute Gasteiger partial charge is 0.298 e. The van der Waals surface area contributed by atoms with E-state index in [1.165, 1.54) is 16.7 Å². The van der Waals surface area contributed by atoms with E-state index in [2.05, 4.69) is 56.9 Å². The summed E-state index contributed by atoms with van der Waals surface area (Å²) in [6.07, 6.45) is 15.7. The maximum atomic E-state index is 11.3. The molecule has 3 aliphatic carbocycles. The highest BCUT2D eigenvalue weighted by atomic mass is 32.3. The molecule has 0 fully saturated rings. The zero-order valence-corrected chi connectivity index (χ0v) is 17.4. The number of hydrogen-bond donors (Lipinski definition) is 2. The average molecular weight is 375 g/mol. The van der Waals surface area contributed by atoms with Crippen molar-refractivity contribution in [3.63, 3.8) is 0 Å². The van der Waals surface area contributed by atoms with Crippen LogP contribution >= 0.6 is 10.6 Å². The quantitative estimate of drug-likeness (QED) is 0.416. The first-order valence-corrected chi connectivity index (χ1v) is 11.8. The van der Waals surface area contributed by atoms with E-state index in [0.29, 0.717) is 17.8 Å². The predicted molar refractivity (Wildman–Crippen MR) is 114 cm³/mol. The van der Waals surface area contributed by atoms with Gasteiger partial charge in [-0.15, -0.1) is 5.73 Å². The molecule has 0 saturated carbocycles. The minimum absolute atomic E-state index is 0.170. The van der Waals surface area contributed by atoms with Gasteiger partial charge in [-0.2, -0.15) is 10.6 Å². The van der Waals surface area contributed by atoms with Crippen LogP contribution < -0.4 is 0 Å². The van der Waals surface area contributed by atoms with Crippen LogP contribution in [0.5, 0.6) is 0 Å². The molecular formula is C23H34O2S. The molecule has 26 heavy (non-hydrogen) atoms. The van der Waals surface area contributed by atoms with Gasteiger partial charge in [0.05, 0.1) is 10.5 Å². The zero-order valence-electron chi connectivity index (χ0n) is 16.6. The van der Waals surface area contributed by atoms with Crippen LogP contribution in [0.4, 0.5) is 0 Å². The molecule has 144 valence electrons. The van der Waals surface area contributed by atoms with Crippen LogP contribution in [0, 0.1) is 17.8 Å². The van der Waals surface area contributed by atoms with Crippen molar-refractivity contribution in [3.8, 4) is 0 Å². The topological polar surface area (TPSA) is 40.5 Å². The van der Waals surface area contributed by atoms with Crippen LogP contribution in [-0.4, -0.2) is 19.6 Å². The summed E-state index contributed by atoms with van der Waals surface area (Å²) in [5.41, 5.74) is 7.41. The number of fused-ring (bicyclic) bond motifs is 1. The van der Waals surface area contributed by atoms with E-state index in [0.717, 1.165) is 32.1 Å². The van der Waals surface area contributed by atoms with Crippen LogP contribution in [0.25, 0.3) is 0 Å². The third-order valence-corrected chi connectivity index (χ3v) is 9.17. The lowest BCUT2D eigenvalue weighted by Gasteiger charge is -2.45. The SMILES string of the molecule is CCC1CC=C=C2C(C)CC(S(O)(O)[C@H](C)C3=CC=CCC3)C=C(C)C21. The maximum absolute atomic E-state index is 11.3. The van der Waals surface area contributed by atoms with Gasteiger partial charge in [0.2, 0.25) is 0 Å². The lowest BCUT2D eigenvalue weighted by Crippen LogP contribution is -2.28. The van der Waals surface area contributed by atoms with E-state index in [1.54, 1.807) is 0 Å². The molecule has 4 unspecified atom stereocenters. The van der Waals surface area contributed by atoms with Gasteiger partial charge in [-0.3, -0.25) is 9.11 Å². The van der Waals surface area contributed by atoms with Gasteiger partial charge in [-0.25, -0.2) is 0 Å². The minimum atomic E-state index is -2.75. The molecule has 0 aromatic carbocycles. The molecule has 0 amide bonds. The summed E-state index contributed by atoms with van der Waals surface area (Å²) in [5.74, 6) is 1.38. The molecule has 0 spiro atoms. The van der Waals surface area contributed by atoms with Crippen molar-refractivity contribution in [1.82, 2.24) is 0 Å². The van der Waals surface area contributed by atoms with Gasteiger partial charge >= 0.3 is 0 Å². The standard InChI is InChI=1S/C23H34O2S/c1-5-19-12-9-13-22-16(2)14-21(15-17(3)23(19)22)26(24,25)18(4)20-10-7-6-8-11-20/h6-7,9-10,15-16,18-19,21,23-25H,5,8,11-12,14H2,1-4H3/t16?,18-,19?,21?,23?/m1/s1. The smallest absolute Gasteiger partial charge is 0.0680 e. The summed E-state index contributed by atoms with van der Waals surface area (Å²) in [5, 5.41) is -0.350. The van der Waals surface area contributed by atoms with E-state index < -0.39 is 10.6 Å². The van der Waals surface area contributed by atoms with Gasteiger partial charge in [0.25, 0.3) is 0 Å². The van der Waals surface area contributed by atoms with Crippen LogP contribution in [0.1, 0.15) is 59.8 Å². The Kier molecular flexibility index (Phi) is 6.04. The third-order valence-electron chi connectivity index (χ3n) is 6.61. The highest BCUT2D eigenvalue weighted by molar-refractivity contribution is 8.25. The van der Waals surface area contributed by atoms with Gasteiger partial charge in [0.1, 0.15) is 0 Å². The maximum Gasteiger partial charge on any atom is 0.0680 e. The Bertz CT molecular complexity index is 691. The van der Waals surface area contributed by atoms with Gasteiger partial charge < -0.3 is 0 Å². The number of hydrogen-bond acceptors (Lipinski definition) is 2. The Morgan fingerprint density at radius 2 is 2.12 bits per heavy atom. The molecule has 0 bridgehead atoms. The summed E-state index contributed by atoms with van der Waals surface area (Å²) >= 11 is 0. The van der Waals surface area contributed by atoms with E-state index >= 15 is 0 Å². The van der Waals surface area contributed by atoms with Gasteiger partial charge in [-0.1, -0.05) is 50.1 Å². The van der Waals surface area contributed by atoms with Gasteiger partial charge in [-0.05, 0) is 68.6 Å². The van der Waals surface area contributed by atoms with Crippen molar-refractivity contribution in [2.45, 2.75) is 70.3 Å².